The number of nitrogens with one attached hydrogen (secondary N) is 3. The van der Waals surface area contributed by atoms with Crippen LogP contribution in [0.3, 0.4) is 0 Å². The number of hydrogen-bond donors (Lipinski definition) is 3. The monoisotopic (exact) mass is 681 g/mol. The fourth-order valence-corrected chi connectivity index (χ4v) is 6.64. The van der Waals surface area contributed by atoms with E-state index < -0.39 is 27.6 Å². The van der Waals surface area contributed by atoms with Gasteiger partial charge in [0.15, 0.2) is 0 Å². The van der Waals surface area contributed by atoms with Crippen molar-refractivity contribution in [2.24, 2.45) is 14.1 Å². The molecule has 11 nitrogen and oxygen atoms in total. The predicted octanol–water partition coefficient (Wildman–Crippen LogP) is -0.259. The third-order valence-corrected chi connectivity index (χ3v) is 10.4. The molecule has 6 rings (SSSR count). The molecule has 3 N–H and O–H groups in total. The van der Waals surface area contributed by atoms with Crippen molar-refractivity contribution in [3.8, 4) is 0 Å². The van der Waals surface area contributed by atoms with Gasteiger partial charge in [-0.05, 0) is 25.7 Å². The van der Waals surface area contributed by atoms with Gasteiger partial charge in [0.05, 0.1) is 0 Å². The molecule has 2 aliphatic rings. The van der Waals surface area contributed by atoms with Gasteiger partial charge in [0.25, 0.3) is 0 Å². The second kappa shape index (κ2) is 10.9. The van der Waals surface area contributed by atoms with Gasteiger partial charge in [-0.25, -0.2) is 0 Å². The molecule has 0 unspecified atom stereocenters. The summed E-state index contributed by atoms with van der Waals surface area (Å²) in [6.45, 7) is 1.76. The fraction of sp³-hybridized carbons (Fsp3) is 0.423. The molecular formula is C26H31FIN8O3S-. The maximum absolute atomic E-state index is 13.5. The van der Waals surface area contributed by atoms with Crippen molar-refractivity contribution in [3.05, 3.63) is 47.8 Å². The Morgan fingerprint density at radius 3 is 2.45 bits per heavy atom. The van der Waals surface area contributed by atoms with Crippen LogP contribution in [0, 0.1) is 0 Å². The molecule has 1 aliphatic heterocycles. The summed E-state index contributed by atoms with van der Waals surface area (Å²) in [6, 6.07) is 8.53. The van der Waals surface area contributed by atoms with Crippen LogP contribution in [0.5, 0.6) is 0 Å². The molecule has 214 valence electrons. The molecule has 4 aromatic rings. The van der Waals surface area contributed by atoms with Crippen LogP contribution in [-0.2, 0) is 27.8 Å². The summed E-state index contributed by atoms with van der Waals surface area (Å²) >= 11 is -2.51. The van der Waals surface area contributed by atoms with Crippen molar-refractivity contribution < 1.29 is 36.5 Å². The van der Waals surface area contributed by atoms with E-state index in [0.29, 0.717) is 39.9 Å². The predicted molar refractivity (Wildman–Crippen MR) is 148 cm³/mol. The summed E-state index contributed by atoms with van der Waals surface area (Å²) in [7, 11) is -0.344. The van der Waals surface area contributed by atoms with E-state index in [1.54, 1.807) is 34.7 Å². The van der Waals surface area contributed by atoms with Gasteiger partial charge in [-0.15, -0.1) is 0 Å². The van der Waals surface area contributed by atoms with E-state index in [9.17, 15) is 16.1 Å². The number of benzene rings is 2. The Balaban J connectivity index is 1.25. The minimum atomic E-state index is -3.95. The molecule has 1 saturated heterocycles. The molecule has 0 radical (unpaired) electrons. The first-order valence-corrected chi connectivity index (χ1v) is 18.1. The summed E-state index contributed by atoms with van der Waals surface area (Å²) in [4.78, 5) is 15.9. The van der Waals surface area contributed by atoms with Crippen LogP contribution < -0.4 is 40.6 Å². The zero-order chi connectivity index (χ0) is 28.0. The third-order valence-electron chi connectivity index (χ3n) is 7.47. The van der Waals surface area contributed by atoms with Crippen LogP contribution in [0.2, 0.25) is 0 Å². The molecule has 2 aromatic carbocycles. The van der Waals surface area contributed by atoms with Crippen LogP contribution in [0.1, 0.15) is 41.6 Å². The summed E-state index contributed by atoms with van der Waals surface area (Å²) in [6.07, 6.45) is 8.48. The second-order valence-electron chi connectivity index (χ2n) is 10.5. The molecule has 1 aliphatic carbocycles. The van der Waals surface area contributed by atoms with E-state index in [0.717, 1.165) is 42.4 Å². The van der Waals surface area contributed by atoms with Gasteiger partial charge in [-0.2, -0.15) is 0 Å². The Morgan fingerprint density at radius 2 is 1.73 bits per heavy atom. The Hall–Kier alpha value is -2.82. The van der Waals surface area contributed by atoms with Crippen molar-refractivity contribution in [1.29, 1.82) is 0 Å². The number of nitrogens with zero attached hydrogens (tertiary/aromatic N) is 5. The normalized spacial score (nSPS) is 16.8. The van der Waals surface area contributed by atoms with Crippen molar-refractivity contribution >= 4 is 46.3 Å². The topological polar surface area (TPSA) is 126 Å². The first kappa shape index (κ1) is 27.4. The summed E-state index contributed by atoms with van der Waals surface area (Å²) in [5.41, 5.74) is 3.73. The summed E-state index contributed by atoms with van der Waals surface area (Å²) in [5, 5.41) is 17.4. The van der Waals surface area contributed by atoms with Gasteiger partial charge in [0.2, 0.25) is 0 Å². The van der Waals surface area contributed by atoms with Crippen molar-refractivity contribution in [2.75, 3.05) is 23.3 Å². The number of piperidine rings is 1. The molecular weight excluding hydrogens is 650 g/mol. The number of carbonyl (C=O) groups is 1. The number of carbonyl (C=O) groups excluding carboxylic acids is 1. The number of rotatable bonds is 9. The van der Waals surface area contributed by atoms with E-state index in [4.69, 9.17) is 0 Å². The van der Waals surface area contributed by atoms with Gasteiger partial charge >= 0.3 is 174 Å². The third kappa shape index (κ3) is 5.80. The fourth-order valence-electron chi connectivity index (χ4n) is 5.45. The van der Waals surface area contributed by atoms with Crippen LogP contribution in [0.4, 0.5) is 14.2 Å². The second-order valence-corrected chi connectivity index (χ2v) is 16.3. The van der Waals surface area contributed by atoms with Gasteiger partial charge < -0.3 is 10.2 Å². The molecule has 1 saturated carbocycles. The van der Waals surface area contributed by atoms with Gasteiger partial charge in [-0.1, -0.05) is 0 Å². The number of aryl methyl sites for hydroxylation is 2. The first-order valence-electron chi connectivity index (χ1n) is 13.2. The Kier molecular flexibility index (Phi) is 7.43. The molecule has 2 aromatic heterocycles. The molecule has 0 spiro atoms. The van der Waals surface area contributed by atoms with Crippen LogP contribution in [-0.4, -0.2) is 59.1 Å². The number of anilines is 2. The van der Waals surface area contributed by atoms with Crippen molar-refractivity contribution in [2.45, 2.75) is 44.3 Å². The summed E-state index contributed by atoms with van der Waals surface area (Å²) in [5.74, 6) is -0.327. The van der Waals surface area contributed by atoms with Crippen molar-refractivity contribution in [3.63, 3.8) is 0 Å². The zero-order valence-electron chi connectivity index (χ0n) is 22.2. The maximum atomic E-state index is 13.5. The minimum absolute atomic E-state index is 0.130. The van der Waals surface area contributed by atoms with E-state index >= 15 is 0 Å². The number of aromatic nitrogens is 4. The van der Waals surface area contributed by atoms with E-state index in [-0.39, 0.29) is 12.5 Å². The first-order chi connectivity index (χ1) is 19.2. The molecule has 40 heavy (non-hydrogen) atoms. The van der Waals surface area contributed by atoms with Gasteiger partial charge in [-0.3, -0.25) is 0 Å². The number of fused-ring (bicyclic) bond motifs is 2. The Labute approximate surface area is 241 Å². The molecule has 1 amide bonds. The Bertz CT molecular complexity index is 1690. The molecule has 0 bridgehead atoms. The number of halogens is 2. The summed E-state index contributed by atoms with van der Waals surface area (Å²) < 4.78 is 42.0. The van der Waals surface area contributed by atoms with E-state index in [2.05, 4.69) is 30.5 Å². The molecule has 2 fully saturated rings. The number of amides is 1. The SMILES string of the molecule is Cn1cc2cc(NC(=O)c3ccc(N4CCC(NC5CC5)CC4)c4cn(C)nc34)cc(CNS(=O)(=O)[I-]F)c2n1. The van der Waals surface area contributed by atoms with Crippen LogP contribution in [0.15, 0.2) is 36.7 Å². The van der Waals surface area contributed by atoms with Crippen molar-refractivity contribution in [1.82, 2.24) is 29.6 Å². The number of hydrogen-bond acceptors (Lipinski definition) is 7. The molecule has 0 atom stereocenters. The van der Waals surface area contributed by atoms with E-state index in [1.165, 1.54) is 12.8 Å². The Morgan fingerprint density at radius 1 is 1.02 bits per heavy atom. The van der Waals surface area contributed by atoms with E-state index in [1.807, 2.05) is 25.4 Å². The molecule has 3 heterocycles. The molecule has 14 heteroatoms. The standard InChI is InChI=1S/C26H31FIN8O3S/c1-34-14-17-12-20(11-16(24(17)32-34)13-29-40(38,39)28-27)31-26(37)21-5-6-23(22-15-35(2)33-25(21)22)36-9-7-19(8-10-36)30-18-3-4-18/h5-6,11-12,14-15,18-19,29-30H,3-4,7-10,13H2,1-2H3,(H,31,37)/q-1. The average Bonchev–Trinajstić information content (AvgIpc) is 3.52. The van der Waals surface area contributed by atoms with Gasteiger partial charge in [0.1, 0.15) is 0 Å². The van der Waals surface area contributed by atoms with Crippen LogP contribution in [0.25, 0.3) is 21.8 Å². The average molecular weight is 682 g/mol. The quantitative estimate of drug-likeness (QED) is 0.164. The van der Waals surface area contributed by atoms with Gasteiger partial charge in [0, 0.05) is 32.2 Å². The zero-order valence-corrected chi connectivity index (χ0v) is 25.2. The van der Waals surface area contributed by atoms with Crippen LogP contribution >= 0.6 is 0 Å².